The number of rotatable bonds is 9. The van der Waals surface area contributed by atoms with E-state index < -0.39 is 37.4 Å². The summed E-state index contributed by atoms with van der Waals surface area (Å²) in [5.74, 6) is 0.320. The molecule has 1 aliphatic heterocycles. The predicted octanol–water partition coefficient (Wildman–Crippen LogP) is 2.76. The molecule has 1 fully saturated rings. The number of aromatic amines is 1. The van der Waals surface area contributed by atoms with Gasteiger partial charge in [0, 0.05) is 36.3 Å². The van der Waals surface area contributed by atoms with Crippen LogP contribution in [-0.4, -0.2) is 33.3 Å². The van der Waals surface area contributed by atoms with Gasteiger partial charge >= 0.3 is 13.4 Å². The van der Waals surface area contributed by atoms with Crippen LogP contribution < -0.4 is 25.8 Å². The Morgan fingerprint density at radius 2 is 2.03 bits per heavy atom. The van der Waals surface area contributed by atoms with E-state index in [9.17, 15) is 14.2 Å². The van der Waals surface area contributed by atoms with E-state index in [-0.39, 0.29) is 13.0 Å². The standard InChI is InChI=1S/C21H22N7O6P/c1-14-12-28(21(30)24-20(14)29)19-11-17(25-27-22)18(33-19)13-32-35(31,26-15-7-9-23-10-8-15)34-16-5-3-2-4-6-16/h2-10,12,17-19,22H,11,13H2,1H3,(H-,23,24,26,29,30,31)/p+1. The quantitative estimate of drug-likeness (QED) is 0.228. The molecule has 3 N–H and O–H groups in total. The molecule has 0 saturated carbocycles. The zero-order valence-corrected chi connectivity index (χ0v) is 19.5. The number of nitrogens with one attached hydrogen (secondary N) is 3. The maximum absolute atomic E-state index is 13.6. The summed E-state index contributed by atoms with van der Waals surface area (Å²) in [4.78, 5) is 33.3. The lowest BCUT2D eigenvalue weighted by atomic mass is 10.1. The summed E-state index contributed by atoms with van der Waals surface area (Å²) in [7, 11) is -3.97. The topological polar surface area (TPSA) is 175 Å². The molecule has 0 spiro atoms. The van der Waals surface area contributed by atoms with E-state index in [0.717, 1.165) is 0 Å². The number of aryl methyl sites for hydroxylation is 1. The van der Waals surface area contributed by atoms with E-state index >= 15 is 0 Å². The molecule has 4 rings (SSSR count). The van der Waals surface area contributed by atoms with Gasteiger partial charge in [0.2, 0.25) is 4.91 Å². The largest absolute Gasteiger partial charge is 0.486 e. The van der Waals surface area contributed by atoms with Crippen LogP contribution in [0.5, 0.6) is 5.75 Å². The van der Waals surface area contributed by atoms with Crippen molar-refractivity contribution in [3.8, 4) is 5.75 Å². The molecule has 35 heavy (non-hydrogen) atoms. The highest BCUT2D eigenvalue weighted by atomic mass is 31.2. The zero-order chi connectivity index (χ0) is 24.8. The fraction of sp³-hybridized carbons (Fsp3) is 0.286. The first kappa shape index (κ1) is 24.2. The van der Waals surface area contributed by atoms with Crippen LogP contribution in [-0.2, 0) is 13.8 Å². The van der Waals surface area contributed by atoms with E-state index in [1.54, 1.807) is 49.4 Å². The second kappa shape index (κ2) is 10.6. The van der Waals surface area contributed by atoms with Crippen LogP contribution in [0.3, 0.4) is 0 Å². The van der Waals surface area contributed by atoms with Gasteiger partial charge in [0.1, 0.15) is 28.7 Å². The summed E-state index contributed by atoms with van der Waals surface area (Å²) >= 11 is 0. The molecule has 0 bridgehead atoms. The lowest BCUT2D eigenvalue weighted by Crippen LogP contribution is -2.33. The molecule has 14 heteroatoms. The average Bonchev–Trinajstić information content (AvgIpc) is 3.24. The lowest BCUT2D eigenvalue weighted by Gasteiger charge is -2.22. The number of para-hydroxylation sites is 1. The normalized spacial score (nSPS) is 21.0. The van der Waals surface area contributed by atoms with Crippen molar-refractivity contribution in [2.24, 2.45) is 5.11 Å². The first-order chi connectivity index (χ1) is 16.9. The molecule has 0 aliphatic carbocycles. The van der Waals surface area contributed by atoms with Crippen LogP contribution >= 0.6 is 7.75 Å². The van der Waals surface area contributed by atoms with Gasteiger partial charge in [0.15, 0.2) is 6.04 Å². The number of benzene rings is 1. The Bertz CT molecular complexity index is 1330. The van der Waals surface area contributed by atoms with Gasteiger partial charge in [-0.1, -0.05) is 18.2 Å². The number of hydrogen-bond donors (Lipinski definition) is 3. The van der Waals surface area contributed by atoms with Crippen molar-refractivity contribution in [1.29, 1.82) is 5.53 Å². The second-order valence-electron chi connectivity index (χ2n) is 7.67. The monoisotopic (exact) mass is 500 g/mol. The highest BCUT2D eigenvalue weighted by Crippen LogP contribution is 2.49. The lowest BCUT2D eigenvalue weighted by molar-refractivity contribution is -0.0237. The highest BCUT2D eigenvalue weighted by Gasteiger charge is 2.42. The zero-order valence-electron chi connectivity index (χ0n) is 18.6. The predicted molar refractivity (Wildman–Crippen MR) is 124 cm³/mol. The molecular weight excluding hydrogens is 477 g/mol. The summed E-state index contributed by atoms with van der Waals surface area (Å²) in [5, 5.41) is 6.63. The third kappa shape index (κ3) is 5.97. The minimum atomic E-state index is -3.97. The van der Waals surface area contributed by atoms with Gasteiger partial charge in [0.05, 0.1) is 6.61 Å². The highest BCUT2D eigenvalue weighted by molar-refractivity contribution is 7.55. The molecule has 1 aromatic carbocycles. The Labute approximate surface area is 198 Å². The van der Waals surface area contributed by atoms with Crippen molar-refractivity contribution in [3.63, 3.8) is 0 Å². The van der Waals surface area contributed by atoms with E-state index in [1.807, 2.05) is 0 Å². The molecule has 4 atom stereocenters. The molecule has 4 unspecified atom stereocenters. The number of nitrogens with zero attached hydrogens (tertiary/aromatic N) is 4. The molecule has 2 aromatic heterocycles. The fourth-order valence-corrected chi connectivity index (χ4v) is 4.86. The van der Waals surface area contributed by atoms with Crippen LogP contribution in [0.1, 0.15) is 18.2 Å². The molecule has 0 radical (unpaired) electrons. The molecule has 13 nitrogen and oxygen atoms in total. The summed E-state index contributed by atoms with van der Waals surface area (Å²) in [6.07, 6.45) is 3.01. The van der Waals surface area contributed by atoms with Crippen LogP contribution in [0.4, 0.5) is 5.69 Å². The number of hydrogen-bond acceptors (Lipinski definition) is 9. The van der Waals surface area contributed by atoms with Gasteiger partial charge in [-0.25, -0.2) is 9.36 Å². The van der Waals surface area contributed by atoms with E-state index in [2.05, 4.69) is 25.1 Å². The Hall–Kier alpha value is -3.89. The van der Waals surface area contributed by atoms with Crippen molar-refractivity contribution in [2.45, 2.75) is 31.7 Å². The van der Waals surface area contributed by atoms with Crippen LogP contribution in [0.25, 0.3) is 0 Å². The first-order valence-corrected chi connectivity index (χ1v) is 12.1. The second-order valence-corrected chi connectivity index (χ2v) is 9.33. The van der Waals surface area contributed by atoms with Gasteiger partial charge in [-0.15, -0.1) is 0 Å². The van der Waals surface area contributed by atoms with Gasteiger partial charge in [-0.05, 0) is 31.2 Å². The van der Waals surface area contributed by atoms with E-state index in [0.29, 0.717) is 17.0 Å². The van der Waals surface area contributed by atoms with Gasteiger partial charge in [-0.2, -0.15) is 0 Å². The molecular formula is C21H23N7O6P+. The minimum absolute atomic E-state index is 0.184. The van der Waals surface area contributed by atoms with Crippen molar-refractivity contribution in [3.05, 3.63) is 87.5 Å². The Morgan fingerprint density at radius 1 is 1.29 bits per heavy atom. The summed E-state index contributed by atoms with van der Waals surface area (Å²) < 4.78 is 32.2. The summed E-state index contributed by atoms with van der Waals surface area (Å²) in [6.45, 7) is 1.31. The SMILES string of the molecule is Cc1cn(C2CC(N=[N+]=N)C(COP(=O)(Nc3ccncc3)Oc3ccccc3)O2)c(=O)[nH]c1=O. The van der Waals surface area contributed by atoms with Crippen molar-refractivity contribution in [1.82, 2.24) is 19.4 Å². The number of pyridine rings is 1. The van der Waals surface area contributed by atoms with Crippen LogP contribution in [0.2, 0.25) is 0 Å². The Morgan fingerprint density at radius 3 is 2.74 bits per heavy atom. The fourth-order valence-electron chi connectivity index (χ4n) is 3.49. The average molecular weight is 500 g/mol. The summed E-state index contributed by atoms with van der Waals surface area (Å²) in [6, 6.07) is 11.1. The molecule has 0 amide bonds. The number of anilines is 1. The third-order valence-electron chi connectivity index (χ3n) is 5.19. The van der Waals surface area contributed by atoms with Gasteiger partial charge in [-0.3, -0.25) is 28.9 Å². The van der Waals surface area contributed by atoms with E-state index in [4.69, 9.17) is 19.3 Å². The Balaban J connectivity index is 1.55. The number of aromatic nitrogens is 3. The molecule has 1 aliphatic rings. The molecule has 3 aromatic rings. The Kier molecular flexibility index (Phi) is 7.33. The van der Waals surface area contributed by atoms with Crippen molar-refractivity contribution < 1.29 is 18.3 Å². The smallest absolute Gasteiger partial charge is 0.409 e. The van der Waals surface area contributed by atoms with Crippen LogP contribution in [0.15, 0.2) is 75.8 Å². The maximum Gasteiger partial charge on any atom is 0.486 e. The number of ether oxygens (including phenoxy) is 1. The summed E-state index contributed by atoms with van der Waals surface area (Å²) in [5.41, 5.74) is 6.78. The number of H-pyrrole nitrogens is 1. The van der Waals surface area contributed by atoms with Crippen LogP contribution in [0, 0.1) is 12.5 Å². The van der Waals surface area contributed by atoms with E-state index in [1.165, 1.54) is 23.2 Å². The molecule has 1 saturated heterocycles. The third-order valence-corrected chi connectivity index (χ3v) is 6.66. The first-order valence-electron chi connectivity index (χ1n) is 10.6. The molecule has 182 valence electrons. The van der Waals surface area contributed by atoms with Gasteiger partial charge in [0.25, 0.3) is 5.56 Å². The van der Waals surface area contributed by atoms with Crippen molar-refractivity contribution >= 4 is 13.4 Å². The minimum Gasteiger partial charge on any atom is -0.409 e. The maximum atomic E-state index is 13.6. The van der Waals surface area contributed by atoms with Gasteiger partial charge < -0.3 is 9.26 Å². The molecule has 3 heterocycles. The van der Waals surface area contributed by atoms with Crippen molar-refractivity contribution in [2.75, 3.05) is 11.7 Å².